The first-order chi connectivity index (χ1) is 9.41. The number of carbonyl (C=O) groups is 1. The Bertz CT molecular complexity index is 544. The fourth-order valence-corrected chi connectivity index (χ4v) is 2.33. The number of halogens is 1. The normalized spacial score (nSPS) is 14.4. The zero-order valence-corrected chi connectivity index (χ0v) is 12.1. The summed E-state index contributed by atoms with van der Waals surface area (Å²) in [6.07, 6.45) is 3.22. The summed E-state index contributed by atoms with van der Waals surface area (Å²) in [6, 6.07) is 1.55. The molecule has 7 heteroatoms. The number of carbonyl (C=O) groups excluding carboxylic acids is 1. The van der Waals surface area contributed by atoms with Gasteiger partial charge in [-0.05, 0) is 24.8 Å². The van der Waals surface area contributed by atoms with Crippen LogP contribution in [-0.4, -0.2) is 33.3 Å². The molecule has 0 aromatic carbocycles. The van der Waals surface area contributed by atoms with Crippen molar-refractivity contribution in [1.29, 1.82) is 0 Å². The molecule has 20 heavy (non-hydrogen) atoms. The lowest BCUT2D eigenvalue weighted by molar-refractivity contribution is -0.385. The molecule has 0 spiro atoms. The first-order valence-electron chi connectivity index (χ1n) is 6.51. The number of hydrogen-bond donors (Lipinski definition) is 0. The highest BCUT2D eigenvalue weighted by molar-refractivity contribution is 6.32. The highest BCUT2D eigenvalue weighted by Gasteiger charge is 2.36. The number of amides is 1. The third-order valence-corrected chi connectivity index (χ3v) is 3.38. The van der Waals surface area contributed by atoms with Crippen LogP contribution in [-0.2, 0) is 0 Å². The average molecular weight is 298 g/mol. The largest absolute Gasteiger partial charge is 0.335 e. The van der Waals surface area contributed by atoms with E-state index >= 15 is 0 Å². The molecule has 2 rings (SSSR count). The Kier molecular flexibility index (Phi) is 4.23. The Morgan fingerprint density at radius 2 is 2.25 bits per heavy atom. The molecule has 1 aliphatic carbocycles. The van der Waals surface area contributed by atoms with Crippen molar-refractivity contribution in [3.63, 3.8) is 0 Å². The van der Waals surface area contributed by atoms with Crippen molar-refractivity contribution in [3.05, 3.63) is 33.1 Å². The standard InChI is InChI=1S/C13H16ClN3O3/c1-8(2)7-16(9-3-4-9)13(18)10-5-6-15-12(14)11(10)17(19)20/h5-6,8-9H,3-4,7H2,1-2H3. The molecule has 0 saturated heterocycles. The summed E-state index contributed by atoms with van der Waals surface area (Å²) < 4.78 is 0. The van der Waals surface area contributed by atoms with E-state index in [4.69, 9.17) is 11.6 Å². The minimum Gasteiger partial charge on any atom is -0.335 e. The van der Waals surface area contributed by atoms with E-state index < -0.39 is 10.6 Å². The predicted molar refractivity (Wildman–Crippen MR) is 74.8 cm³/mol. The molecule has 0 radical (unpaired) electrons. The first kappa shape index (κ1) is 14.7. The minimum atomic E-state index is -0.650. The first-order valence-corrected chi connectivity index (χ1v) is 6.89. The second-order valence-corrected chi connectivity index (χ2v) is 5.70. The third kappa shape index (κ3) is 3.07. The Balaban J connectivity index is 2.36. The molecule has 0 atom stereocenters. The maximum absolute atomic E-state index is 12.6. The van der Waals surface area contributed by atoms with E-state index in [1.54, 1.807) is 4.90 Å². The van der Waals surface area contributed by atoms with Crippen LogP contribution in [0.4, 0.5) is 5.69 Å². The van der Waals surface area contributed by atoms with Crippen LogP contribution >= 0.6 is 11.6 Å². The molecule has 6 nitrogen and oxygen atoms in total. The van der Waals surface area contributed by atoms with Crippen molar-refractivity contribution in [2.75, 3.05) is 6.54 Å². The van der Waals surface area contributed by atoms with Gasteiger partial charge in [-0.25, -0.2) is 4.98 Å². The summed E-state index contributed by atoms with van der Waals surface area (Å²) >= 11 is 5.75. The molecule has 1 aliphatic rings. The van der Waals surface area contributed by atoms with Crippen molar-refractivity contribution >= 4 is 23.2 Å². The lowest BCUT2D eigenvalue weighted by Gasteiger charge is -2.24. The van der Waals surface area contributed by atoms with E-state index in [9.17, 15) is 14.9 Å². The lowest BCUT2D eigenvalue weighted by atomic mass is 10.1. The van der Waals surface area contributed by atoms with Gasteiger partial charge < -0.3 is 4.90 Å². The van der Waals surface area contributed by atoms with Crippen molar-refractivity contribution in [2.45, 2.75) is 32.7 Å². The molecule has 0 N–H and O–H groups in total. The van der Waals surface area contributed by atoms with Crippen molar-refractivity contribution in [3.8, 4) is 0 Å². The van der Waals surface area contributed by atoms with Gasteiger partial charge in [0.05, 0.1) is 4.92 Å². The van der Waals surface area contributed by atoms with Gasteiger partial charge in [-0.3, -0.25) is 14.9 Å². The summed E-state index contributed by atoms with van der Waals surface area (Å²) in [4.78, 5) is 28.4. The number of hydrogen-bond acceptors (Lipinski definition) is 4. The second kappa shape index (κ2) is 5.75. The van der Waals surface area contributed by atoms with E-state index in [1.807, 2.05) is 13.8 Å². The molecule has 1 heterocycles. The molecule has 1 fully saturated rings. The van der Waals surface area contributed by atoms with Gasteiger partial charge in [0.2, 0.25) is 5.15 Å². The number of rotatable bonds is 5. The van der Waals surface area contributed by atoms with Gasteiger partial charge in [-0.1, -0.05) is 25.4 Å². The van der Waals surface area contributed by atoms with Crippen molar-refractivity contribution < 1.29 is 9.72 Å². The smallest absolute Gasteiger partial charge is 0.319 e. The van der Waals surface area contributed by atoms with Gasteiger partial charge in [0, 0.05) is 18.8 Å². The van der Waals surface area contributed by atoms with E-state index in [1.165, 1.54) is 12.3 Å². The predicted octanol–water partition coefficient (Wildman–Crippen LogP) is 2.90. The highest BCUT2D eigenvalue weighted by atomic mass is 35.5. The quantitative estimate of drug-likeness (QED) is 0.476. The summed E-state index contributed by atoms with van der Waals surface area (Å²) in [6.45, 7) is 4.60. The Labute approximate surface area is 121 Å². The molecule has 1 saturated carbocycles. The van der Waals surface area contributed by atoms with Crippen LogP contribution in [0.2, 0.25) is 5.15 Å². The zero-order chi connectivity index (χ0) is 14.9. The van der Waals surface area contributed by atoms with Gasteiger partial charge in [-0.2, -0.15) is 0 Å². The molecular formula is C13H16ClN3O3. The molecule has 0 bridgehead atoms. The van der Waals surface area contributed by atoms with Gasteiger partial charge in [0.25, 0.3) is 5.91 Å². The Hall–Kier alpha value is -1.69. The van der Waals surface area contributed by atoms with Crippen LogP contribution in [0.1, 0.15) is 37.0 Å². The van der Waals surface area contributed by atoms with Gasteiger partial charge >= 0.3 is 5.69 Å². The number of pyridine rings is 1. The van der Waals surface area contributed by atoms with E-state index in [-0.39, 0.29) is 22.7 Å². The number of nitrogens with zero attached hydrogens (tertiary/aromatic N) is 3. The zero-order valence-electron chi connectivity index (χ0n) is 11.4. The van der Waals surface area contributed by atoms with Gasteiger partial charge in [0.1, 0.15) is 5.56 Å². The van der Waals surface area contributed by atoms with Crippen molar-refractivity contribution in [2.24, 2.45) is 5.92 Å². The fraction of sp³-hybridized carbons (Fsp3) is 0.538. The van der Waals surface area contributed by atoms with Crippen LogP contribution < -0.4 is 0 Å². The van der Waals surface area contributed by atoms with E-state index in [2.05, 4.69) is 4.98 Å². The van der Waals surface area contributed by atoms with Crippen LogP contribution in [0.5, 0.6) is 0 Å². The third-order valence-electron chi connectivity index (χ3n) is 3.10. The maximum Gasteiger partial charge on any atom is 0.319 e. The lowest BCUT2D eigenvalue weighted by Crippen LogP contribution is -2.36. The summed E-state index contributed by atoms with van der Waals surface area (Å²) in [5, 5.41) is 10.8. The Morgan fingerprint density at radius 1 is 1.60 bits per heavy atom. The molecular weight excluding hydrogens is 282 g/mol. The summed E-state index contributed by atoms with van der Waals surface area (Å²) in [5.74, 6) is -0.0342. The molecule has 0 aliphatic heterocycles. The molecule has 1 amide bonds. The van der Waals surface area contributed by atoms with E-state index in [0.717, 1.165) is 12.8 Å². The van der Waals surface area contributed by atoms with E-state index in [0.29, 0.717) is 12.5 Å². The number of aromatic nitrogens is 1. The van der Waals surface area contributed by atoms with Gasteiger partial charge in [0.15, 0.2) is 0 Å². The van der Waals surface area contributed by atoms with Crippen LogP contribution in [0.3, 0.4) is 0 Å². The van der Waals surface area contributed by atoms with Crippen LogP contribution in [0.25, 0.3) is 0 Å². The topological polar surface area (TPSA) is 76.3 Å². The maximum atomic E-state index is 12.6. The monoisotopic (exact) mass is 297 g/mol. The minimum absolute atomic E-state index is 0.0163. The second-order valence-electron chi connectivity index (χ2n) is 5.34. The Morgan fingerprint density at radius 3 is 2.75 bits per heavy atom. The van der Waals surface area contributed by atoms with Crippen LogP contribution in [0, 0.1) is 16.0 Å². The fourth-order valence-electron chi connectivity index (χ4n) is 2.11. The summed E-state index contributed by atoms with van der Waals surface area (Å²) in [7, 11) is 0. The SMILES string of the molecule is CC(C)CN(C(=O)c1ccnc(Cl)c1[N+](=O)[O-])C1CC1. The summed E-state index contributed by atoms with van der Waals surface area (Å²) in [5.41, 5.74) is -0.392. The average Bonchev–Trinajstić information content (AvgIpc) is 3.18. The number of nitro groups is 1. The molecule has 0 unspecified atom stereocenters. The van der Waals surface area contributed by atoms with Crippen LogP contribution in [0.15, 0.2) is 12.3 Å². The molecule has 108 valence electrons. The van der Waals surface area contributed by atoms with Crippen molar-refractivity contribution in [1.82, 2.24) is 9.88 Å². The highest BCUT2D eigenvalue weighted by Crippen LogP contribution is 2.32. The molecule has 1 aromatic heterocycles. The van der Waals surface area contributed by atoms with Gasteiger partial charge in [-0.15, -0.1) is 0 Å². The molecule has 1 aromatic rings.